The third-order valence-electron chi connectivity index (χ3n) is 3.78. The van der Waals surface area contributed by atoms with Crippen LogP contribution in [0.4, 0.5) is 0 Å². The van der Waals surface area contributed by atoms with Gasteiger partial charge in [-0.15, -0.1) is 0 Å². The summed E-state index contributed by atoms with van der Waals surface area (Å²) in [6.45, 7) is 13.6. The van der Waals surface area contributed by atoms with Crippen LogP contribution in [0.15, 0.2) is 30.3 Å². The molecular formula is C20H28NOP. The second-order valence-corrected chi connectivity index (χ2v) is 8.69. The number of rotatable bonds is 4. The molecule has 0 heterocycles. The normalized spacial score (nSPS) is 12.3. The maximum atomic E-state index is 10.4. The van der Waals surface area contributed by atoms with Gasteiger partial charge in [-0.25, -0.2) is 0 Å². The van der Waals surface area contributed by atoms with Crippen LogP contribution in [0, 0.1) is 20.8 Å². The molecule has 0 amide bonds. The van der Waals surface area contributed by atoms with Gasteiger partial charge in [-0.05, 0) is 69.6 Å². The molecule has 2 aromatic carbocycles. The summed E-state index contributed by atoms with van der Waals surface area (Å²) in [5.41, 5.74) is 4.83. The first kappa shape index (κ1) is 18.0. The van der Waals surface area contributed by atoms with Crippen molar-refractivity contribution in [1.82, 2.24) is 5.32 Å². The molecule has 1 atom stereocenters. The van der Waals surface area contributed by atoms with Crippen LogP contribution in [0.25, 0.3) is 0 Å². The van der Waals surface area contributed by atoms with Gasteiger partial charge >= 0.3 is 0 Å². The summed E-state index contributed by atoms with van der Waals surface area (Å²) in [5, 5.41) is 16.3. The molecule has 124 valence electrons. The number of hydrogen-bond acceptors (Lipinski definition) is 2. The van der Waals surface area contributed by atoms with Crippen molar-refractivity contribution in [2.24, 2.45) is 0 Å². The standard InChI is InChI=1S/C20H28NOP/c1-13-7-8-17(16(10-13)12-21-20(4,5)6)23-18-11-14(2)9-15(3)19(18)22/h7-11,21-23H,12H2,1-6H3. The molecule has 0 bridgehead atoms. The minimum atomic E-state index is 0.0895. The fraction of sp³-hybridized carbons (Fsp3) is 0.400. The number of benzene rings is 2. The third-order valence-corrected chi connectivity index (χ3v) is 5.19. The molecular weight excluding hydrogens is 301 g/mol. The smallest absolute Gasteiger partial charge is 0.126 e. The Morgan fingerprint density at radius 1 is 0.957 bits per heavy atom. The van der Waals surface area contributed by atoms with E-state index < -0.39 is 0 Å². The van der Waals surface area contributed by atoms with E-state index in [9.17, 15) is 5.11 Å². The zero-order valence-corrected chi connectivity index (χ0v) is 16.0. The predicted molar refractivity (Wildman–Crippen MR) is 103 cm³/mol. The van der Waals surface area contributed by atoms with Gasteiger partial charge in [-0.1, -0.05) is 38.4 Å². The average Bonchev–Trinajstić information content (AvgIpc) is 2.43. The SMILES string of the molecule is Cc1ccc(Pc2cc(C)cc(C)c2O)c(CNC(C)(C)C)c1. The lowest BCUT2D eigenvalue weighted by atomic mass is 10.1. The van der Waals surface area contributed by atoms with Crippen LogP contribution in [0.5, 0.6) is 5.75 Å². The number of phenolic OH excluding ortho intramolecular Hbond substituents is 1. The zero-order chi connectivity index (χ0) is 17.2. The second-order valence-electron chi connectivity index (χ2n) is 7.37. The molecule has 2 nitrogen and oxygen atoms in total. The summed E-state index contributed by atoms with van der Waals surface area (Å²) >= 11 is 0. The van der Waals surface area contributed by atoms with Crippen molar-refractivity contribution in [3.63, 3.8) is 0 Å². The van der Waals surface area contributed by atoms with E-state index in [1.807, 2.05) is 13.0 Å². The van der Waals surface area contributed by atoms with Gasteiger partial charge in [-0.2, -0.15) is 0 Å². The van der Waals surface area contributed by atoms with Gasteiger partial charge in [0.05, 0.1) is 0 Å². The van der Waals surface area contributed by atoms with E-state index in [0.717, 1.165) is 17.4 Å². The highest BCUT2D eigenvalue weighted by Crippen LogP contribution is 2.25. The molecule has 2 rings (SSSR count). The van der Waals surface area contributed by atoms with E-state index >= 15 is 0 Å². The van der Waals surface area contributed by atoms with Gasteiger partial charge in [0.15, 0.2) is 0 Å². The summed E-state index contributed by atoms with van der Waals surface area (Å²) in [5.74, 6) is 0.434. The zero-order valence-electron chi connectivity index (χ0n) is 15.0. The number of aromatic hydroxyl groups is 1. The van der Waals surface area contributed by atoms with E-state index in [1.54, 1.807) is 0 Å². The number of phenols is 1. The Kier molecular flexibility index (Phi) is 5.49. The van der Waals surface area contributed by atoms with Gasteiger partial charge < -0.3 is 10.4 Å². The number of aryl methyl sites for hydroxylation is 3. The largest absolute Gasteiger partial charge is 0.507 e. The highest BCUT2D eigenvalue weighted by molar-refractivity contribution is 7.55. The third kappa shape index (κ3) is 5.06. The van der Waals surface area contributed by atoms with Crippen LogP contribution in [-0.4, -0.2) is 10.6 Å². The summed E-state index contributed by atoms with van der Waals surface area (Å²) in [6, 6.07) is 10.7. The van der Waals surface area contributed by atoms with Crippen molar-refractivity contribution >= 4 is 19.2 Å². The van der Waals surface area contributed by atoms with Crippen LogP contribution in [0.3, 0.4) is 0 Å². The molecule has 2 N–H and O–H groups in total. The fourth-order valence-corrected chi connectivity index (χ4v) is 3.94. The molecule has 0 fully saturated rings. The summed E-state index contributed by atoms with van der Waals surface area (Å²) in [4.78, 5) is 0. The molecule has 23 heavy (non-hydrogen) atoms. The first-order valence-electron chi connectivity index (χ1n) is 8.07. The quantitative estimate of drug-likeness (QED) is 0.836. The molecule has 0 radical (unpaired) electrons. The highest BCUT2D eigenvalue weighted by Gasteiger charge is 2.13. The lowest BCUT2D eigenvalue weighted by Gasteiger charge is -2.22. The molecule has 0 aliphatic carbocycles. The van der Waals surface area contributed by atoms with Crippen LogP contribution >= 0.6 is 8.58 Å². The first-order valence-corrected chi connectivity index (χ1v) is 9.07. The topological polar surface area (TPSA) is 32.3 Å². The van der Waals surface area contributed by atoms with Gasteiger partial charge in [0.2, 0.25) is 0 Å². The summed E-state index contributed by atoms with van der Waals surface area (Å²) in [6.07, 6.45) is 0. The van der Waals surface area contributed by atoms with E-state index in [1.165, 1.54) is 22.0 Å². The predicted octanol–water partition coefficient (Wildman–Crippen LogP) is 3.83. The van der Waals surface area contributed by atoms with Crippen molar-refractivity contribution in [2.45, 2.75) is 53.6 Å². The monoisotopic (exact) mass is 329 g/mol. The molecule has 0 aromatic heterocycles. The number of nitrogens with one attached hydrogen (secondary N) is 1. The highest BCUT2D eigenvalue weighted by atomic mass is 31.1. The molecule has 3 heteroatoms. The Bertz CT molecular complexity index is 702. The van der Waals surface area contributed by atoms with Crippen LogP contribution in [-0.2, 0) is 6.54 Å². The van der Waals surface area contributed by atoms with Crippen LogP contribution in [0.1, 0.15) is 43.0 Å². The van der Waals surface area contributed by atoms with Crippen LogP contribution in [0.2, 0.25) is 0 Å². The molecule has 0 saturated heterocycles. The molecule has 0 aliphatic heterocycles. The van der Waals surface area contributed by atoms with E-state index in [0.29, 0.717) is 14.3 Å². The lowest BCUT2D eigenvalue weighted by molar-refractivity contribution is 0.425. The maximum Gasteiger partial charge on any atom is 0.126 e. The van der Waals surface area contributed by atoms with Crippen molar-refractivity contribution in [3.8, 4) is 5.75 Å². The van der Waals surface area contributed by atoms with Crippen molar-refractivity contribution in [2.75, 3.05) is 0 Å². The average molecular weight is 329 g/mol. The molecule has 0 aliphatic rings. The lowest BCUT2D eigenvalue weighted by Crippen LogP contribution is -2.36. The molecule has 1 unspecified atom stereocenters. The van der Waals surface area contributed by atoms with Gasteiger partial charge in [0.1, 0.15) is 5.75 Å². The number of hydrogen-bond donors (Lipinski definition) is 2. The fourth-order valence-electron chi connectivity index (χ4n) is 2.55. The van der Waals surface area contributed by atoms with E-state index in [4.69, 9.17) is 0 Å². The van der Waals surface area contributed by atoms with E-state index in [-0.39, 0.29) is 5.54 Å². The molecule has 0 saturated carbocycles. The molecule has 2 aromatic rings. The second kappa shape index (κ2) is 7.03. The Labute approximate surface area is 142 Å². The minimum Gasteiger partial charge on any atom is -0.507 e. The van der Waals surface area contributed by atoms with Gasteiger partial charge in [0, 0.05) is 17.4 Å². The van der Waals surface area contributed by atoms with Gasteiger partial charge in [-0.3, -0.25) is 0 Å². The Morgan fingerprint density at radius 3 is 2.30 bits per heavy atom. The van der Waals surface area contributed by atoms with Crippen molar-refractivity contribution < 1.29 is 5.11 Å². The Hall–Kier alpha value is -1.37. The minimum absolute atomic E-state index is 0.0895. The van der Waals surface area contributed by atoms with Crippen molar-refractivity contribution in [3.05, 3.63) is 52.6 Å². The summed E-state index contributed by atoms with van der Waals surface area (Å²) in [7, 11) is 0.467. The summed E-state index contributed by atoms with van der Waals surface area (Å²) < 4.78 is 0. The van der Waals surface area contributed by atoms with Crippen molar-refractivity contribution in [1.29, 1.82) is 0 Å². The molecule has 0 spiro atoms. The van der Waals surface area contributed by atoms with Gasteiger partial charge in [0.25, 0.3) is 0 Å². The Morgan fingerprint density at radius 2 is 1.65 bits per heavy atom. The Balaban J connectivity index is 2.33. The van der Waals surface area contributed by atoms with E-state index in [2.05, 4.69) is 64.2 Å². The maximum absolute atomic E-state index is 10.4. The van der Waals surface area contributed by atoms with Crippen LogP contribution < -0.4 is 15.9 Å². The first-order chi connectivity index (χ1) is 10.7.